The second-order valence-corrected chi connectivity index (χ2v) is 18.7. The topological polar surface area (TPSA) is 227 Å². The minimum Gasteiger partial charge on any atom is -0.493 e. The fraction of sp³-hybridized carbons (Fsp3) is 0.463. The largest absolute Gasteiger partial charge is 0.493 e. The first-order valence-corrected chi connectivity index (χ1v) is 25.6. The number of carbonyl (C=O) groups excluding carboxylic acids is 5. The van der Waals surface area contributed by atoms with Crippen LogP contribution in [0, 0.1) is 0 Å². The summed E-state index contributed by atoms with van der Waals surface area (Å²) in [4.78, 5) is 76.7. The lowest BCUT2D eigenvalue weighted by atomic mass is 10.0. The quantitative estimate of drug-likeness (QED) is 0.0582. The van der Waals surface area contributed by atoms with Gasteiger partial charge in [0.2, 0.25) is 5.91 Å². The van der Waals surface area contributed by atoms with Gasteiger partial charge in [0, 0.05) is 74.9 Å². The van der Waals surface area contributed by atoms with E-state index in [9.17, 15) is 24.0 Å². The van der Waals surface area contributed by atoms with E-state index in [1.165, 1.54) is 17.1 Å². The van der Waals surface area contributed by atoms with Gasteiger partial charge in [0.15, 0.2) is 23.0 Å². The fourth-order valence-electron chi connectivity index (χ4n) is 9.61. The number of nitrogens with one attached hydrogen (secondary N) is 1. The average molecular weight is 1030 g/mol. The van der Waals surface area contributed by atoms with Crippen LogP contribution in [0.25, 0.3) is 11.3 Å². The van der Waals surface area contributed by atoms with Gasteiger partial charge >= 0.3 is 0 Å². The van der Waals surface area contributed by atoms with Gasteiger partial charge in [-0.2, -0.15) is 0 Å². The summed E-state index contributed by atoms with van der Waals surface area (Å²) >= 11 is 0. The van der Waals surface area contributed by atoms with E-state index >= 15 is 0 Å². The Hall–Kier alpha value is -7.49. The molecule has 0 radical (unpaired) electrons. The standard InChI is InChI=1S/C54H63N9O12/c1-69-46-27-41-43(56-31-39-8-6-15-61(39)53(41)67)29-48(46)74-34-36-24-37(35-75-49-30-44-42(28-47(49)70-2)54(68)62-16-7-9-40(62)32-57-44)26-38(25-36)45-33-60(59-58-45)17-19-72-21-23-73-22-20-71-18-13-55-50(64)10-4-3-5-14-63-51(65)11-12-52(63)66/h11-12,24-33,39-40H,3-10,13-23,34-35H2,1-2H3,(H,55,64)/t39-,40-/m0/s1. The Bertz CT molecular complexity index is 2690. The molecule has 21 heteroatoms. The van der Waals surface area contributed by atoms with E-state index in [4.69, 9.17) is 43.1 Å². The van der Waals surface area contributed by atoms with E-state index in [0.717, 1.165) is 48.8 Å². The first kappa shape index (κ1) is 52.4. The van der Waals surface area contributed by atoms with Gasteiger partial charge in [0.05, 0.1) is 101 Å². The summed E-state index contributed by atoms with van der Waals surface area (Å²) in [6.45, 7) is 5.07. The lowest BCUT2D eigenvalue weighted by Crippen LogP contribution is -2.35. The molecule has 21 nitrogen and oxygen atoms in total. The molecule has 0 bridgehead atoms. The number of methoxy groups -OCH3 is 2. The van der Waals surface area contributed by atoms with Crippen molar-refractivity contribution in [3.63, 3.8) is 0 Å². The van der Waals surface area contributed by atoms with Gasteiger partial charge in [-0.3, -0.25) is 38.9 Å². The third-order valence-corrected chi connectivity index (χ3v) is 13.6. The van der Waals surface area contributed by atoms with Crippen LogP contribution in [0.1, 0.15) is 83.2 Å². The number of carbonyl (C=O) groups is 5. The molecule has 75 heavy (non-hydrogen) atoms. The maximum absolute atomic E-state index is 13.5. The van der Waals surface area contributed by atoms with Crippen LogP contribution in [0.5, 0.6) is 23.0 Å². The van der Waals surface area contributed by atoms with Crippen molar-refractivity contribution in [2.75, 3.05) is 80.0 Å². The molecule has 1 aromatic heterocycles. The number of ether oxygens (including phenoxy) is 7. The molecule has 6 heterocycles. The van der Waals surface area contributed by atoms with Crippen LogP contribution in [0.15, 0.2) is 70.8 Å². The van der Waals surface area contributed by atoms with Crippen molar-refractivity contribution in [1.82, 2.24) is 35.0 Å². The average Bonchev–Trinajstić information content (AvgIpc) is 4.25. The van der Waals surface area contributed by atoms with Crippen molar-refractivity contribution in [2.24, 2.45) is 9.98 Å². The van der Waals surface area contributed by atoms with E-state index in [-0.39, 0.29) is 54.8 Å². The number of nitrogens with zero attached hydrogens (tertiary/aromatic N) is 8. The zero-order chi connectivity index (χ0) is 52.1. The van der Waals surface area contributed by atoms with Gasteiger partial charge in [-0.05, 0) is 80.0 Å². The van der Waals surface area contributed by atoms with Crippen molar-refractivity contribution in [2.45, 2.75) is 83.2 Å². The van der Waals surface area contributed by atoms with Gasteiger partial charge in [-0.15, -0.1) is 5.10 Å². The molecule has 4 aromatic rings. The van der Waals surface area contributed by atoms with Crippen molar-refractivity contribution in [3.05, 3.63) is 83.1 Å². The molecule has 0 aliphatic carbocycles. The van der Waals surface area contributed by atoms with Crippen molar-refractivity contribution >= 4 is 53.3 Å². The first-order chi connectivity index (χ1) is 36.6. The lowest BCUT2D eigenvalue weighted by molar-refractivity contribution is -0.137. The van der Waals surface area contributed by atoms with E-state index in [1.807, 2.05) is 46.6 Å². The van der Waals surface area contributed by atoms with Crippen molar-refractivity contribution < 1.29 is 57.1 Å². The number of hydrogen-bond acceptors (Lipinski definition) is 16. The first-order valence-electron chi connectivity index (χ1n) is 25.6. The third kappa shape index (κ3) is 13.1. The summed E-state index contributed by atoms with van der Waals surface area (Å²) in [5, 5.41) is 11.7. The minimum absolute atomic E-state index is 0.0318. The number of amides is 5. The predicted molar refractivity (Wildman–Crippen MR) is 274 cm³/mol. The van der Waals surface area contributed by atoms with Gasteiger partial charge in [0.1, 0.15) is 18.9 Å². The van der Waals surface area contributed by atoms with Crippen LogP contribution in [0.2, 0.25) is 0 Å². The van der Waals surface area contributed by atoms with Crippen LogP contribution in [0.3, 0.4) is 0 Å². The molecule has 0 unspecified atom stereocenters. The Morgan fingerprint density at radius 3 is 1.77 bits per heavy atom. The smallest absolute Gasteiger partial charge is 0.256 e. The van der Waals surface area contributed by atoms with Crippen molar-refractivity contribution in [3.8, 4) is 34.3 Å². The number of aromatic nitrogens is 3. The summed E-state index contributed by atoms with van der Waals surface area (Å²) in [6, 6.07) is 12.8. The summed E-state index contributed by atoms with van der Waals surface area (Å²) in [7, 11) is 3.09. The highest BCUT2D eigenvalue weighted by atomic mass is 16.5. The molecule has 2 saturated heterocycles. The number of fused-ring (bicyclic) bond motifs is 4. The van der Waals surface area contributed by atoms with E-state index in [0.29, 0.717) is 143 Å². The van der Waals surface area contributed by atoms with Crippen LogP contribution in [-0.2, 0) is 48.4 Å². The highest BCUT2D eigenvalue weighted by Gasteiger charge is 2.34. The second-order valence-electron chi connectivity index (χ2n) is 18.7. The highest BCUT2D eigenvalue weighted by molar-refractivity contribution is 6.12. The molecule has 5 aliphatic heterocycles. The monoisotopic (exact) mass is 1030 g/mol. The Morgan fingerprint density at radius 1 is 0.640 bits per heavy atom. The number of aliphatic imine (C=N–C) groups is 2. The van der Waals surface area contributed by atoms with Gasteiger partial charge < -0.3 is 48.3 Å². The third-order valence-electron chi connectivity index (χ3n) is 13.6. The SMILES string of the molecule is COc1cc2c(cc1OCc1cc(COc3cc4c(cc3OC)C(=O)N3CCC[C@H]3C=N4)cc(-c3cn(CCOCCOCCOCCNC(=O)CCCCCN4C(=O)C=CC4=O)nn3)c1)N=C[C@@H]1CCCN1C2=O. The van der Waals surface area contributed by atoms with Crippen molar-refractivity contribution in [1.29, 1.82) is 0 Å². The second kappa shape index (κ2) is 25.2. The summed E-state index contributed by atoms with van der Waals surface area (Å²) in [6.07, 6.45) is 14.1. The fourth-order valence-corrected chi connectivity index (χ4v) is 9.61. The van der Waals surface area contributed by atoms with E-state index in [1.54, 1.807) is 43.2 Å². The molecule has 0 saturated carbocycles. The van der Waals surface area contributed by atoms with Gasteiger partial charge in [0.25, 0.3) is 23.6 Å². The molecule has 1 N–H and O–H groups in total. The number of imide groups is 1. The van der Waals surface area contributed by atoms with E-state index < -0.39 is 0 Å². The Labute approximate surface area is 434 Å². The van der Waals surface area contributed by atoms with Crippen LogP contribution >= 0.6 is 0 Å². The minimum atomic E-state index is -0.286. The molecule has 396 valence electrons. The van der Waals surface area contributed by atoms with E-state index in [2.05, 4.69) is 15.6 Å². The summed E-state index contributed by atoms with van der Waals surface area (Å²) < 4.78 is 43.1. The van der Waals surface area contributed by atoms with Gasteiger partial charge in [-0.25, -0.2) is 4.68 Å². The van der Waals surface area contributed by atoms with Crippen LogP contribution < -0.4 is 24.3 Å². The molecule has 0 spiro atoms. The number of rotatable bonds is 27. The maximum atomic E-state index is 13.5. The molecule has 2 fully saturated rings. The number of benzene rings is 3. The Balaban J connectivity index is 0.763. The van der Waals surface area contributed by atoms with Gasteiger partial charge in [-0.1, -0.05) is 11.6 Å². The zero-order valence-electron chi connectivity index (χ0n) is 42.4. The summed E-state index contributed by atoms with van der Waals surface area (Å²) in [5.41, 5.74) is 4.99. The van der Waals surface area contributed by atoms with Crippen LogP contribution in [-0.4, -0.2) is 164 Å². The molecule has 5 amide bonds. The molecule has 5 aliphatic rings. The lowest BCUT2D eigenvalue weighted by Gasteiger charge is -2.20. The molecular formula is C54H63N9O12. The number of unbranched alkanes of at least 4 members (excludes halogenated alkanes) is 2. The molecule has 9 rings (SSSR count). The molecule has 3 aromatic carbocycles. The normalized spacial score (nSPS) is 17.5. The Kier molecular flexibility index (Phi) is 17.6. The molecular weight excluding hydrogens is 967 g/mol. The van der Waals surface area contributed by atoms with Crippen LogP contribution in [0.4, 0.5) is 11.4 Å². The summed E-state index contributed by atoms with van der Waals surface area (Å²) in [5.74, 6) is 0.926. The maximum Gasteiger partial charge on any atom is 0.256 e. The number of hydrogen-bond donors (Lipinski definition) is 1. The predicted octanol–water partition coefficient (Wildman–Crippen LogP) is 5.41. The molecule has 2 atom stereocenters. The zero-order valence-corrected chi connectivity index (χ0v) is 42.4. The highest BCUT2D eigenvalue weighted by Crippen LogP contribution is 2.40. The Morgan fingerprint density at radius 2 is 1.20 bits per heavy atom.